The molecular weight excluding hydrogens is 455 g/mol. The average molecular weight is 488 g/mol. The summed E-state index contributed by atoms with van der Waals surface area (Å²) in [5.41, 5.74) is 1.21. The lowest BCUT2D eigenvalue weighted by atomic mass is 10.2. The van der Waals surface area contributed by atoms with E-state index in [2.05, 4.69) is 46.1 Å². The summed E-state index contributed by atoms with van der Waals surface area (Å²) in [4.78, 5) is 9.39. The molecular formula is C20H33IN4O2. The summed E-state index contributed by atoms with van der Waals surface area (Å²) in [6.45, 7) is 10.8. The molecule has 2 unspecified atom stereocenters. The number of nitrogens with zero attached hydrogens (tertiary/aromatic N) is 3. The molecule has 2 heterocycles. The molecule has 2 aliphatic heterocycles. The molecule has 0 radical (unpaired) electrons. The smallest absolute Gasteiger partial charge is 0.193 e. The minimum absolute atomic E-state index is 0. The maximum atomic E-state index is 6.01. The molecule has 2 saturated heterocycles. The van der Waals surface area contributed by atoms with Crippen LogP contribution in [0.15, 0.2) is 29.3 Å². The van der Waals surface area contributed by atoms with Crippen molar-refractivity contribution in [2.45, 2.75) is 32.4 Å². The van der Waals surface area contributed by atoms with Gasteiger partial charge in [0.2, 0.25) is 0 Å². The third-order valence-electron chi connectivity index (χ3n) is 5.11. The Kier molecular flexibility index (Phi) is 9.11. The number of hydrogen-bond donors (Lipinski definition) is 1. The molecule has 2 aliphatic rings. The minimum atomic E-state index is 0. The number of guanidine groups is 1. The first-order valence-electron chi connectivity index (χ1n) is 9.66. The first kappa shape index (κ1) is 22.2. The van der Waals surface area contributed by atoms with Crippen LogP contribution in [0.4, 0.5) is 0 Å². The van der Waals surface area contributed by atoms with Crippen molar-refractivity contribution >= 4 is 29.9 Å². The number of aliphatic imine (C=N–C) groups is 1. The largest absolute Gasteiger partial charge is 0.489 e. The Bertz CT molecular complexity index is 607. The standard InChI is InChI=1S/C20H32N4O2.HI/c1-16-5-4-6-19(13-16)26-17(2)14-22-20(21-3)24-8-7-18(15-24)23-9-11-25-12-10-23;/h4-6,13,17-18H,7-12,14-15H2,1-3H3,(H,21,22);1H. The van der Waals surface area contributed by atoms with Crippen molar-refractivity contribution in [3.05, 3.63) is 29.8 Å². The Morgan fingerprint density at radius 2 is 2.11 bits per heavy atom. The van der Waals surface area contributed by atoms with Gasteiger partial charge >= 0.3 is 0 Å². The predicted octanol–water partition coefficient (Wildman–Crippen LogP) is 2.36. The van der Waals surface area contributed by atoms with Crippen LogP contribution < -0.4 is 10.1 Å². The summed E-state index contributed by atoms with van der Waals surface area (Å²) in [7, 11) is 1.86. The van der Waals surface area contributed by atoms with Gasteiger partial charge in [0.15, 0.2) is 5.96 Å². The van der Waals surface area contributed by atoms with Crippen LogP contribution >= 0.6 is 24.0 Å². The lowest BCUT2D eigenvalue weighted by molar-refractivity contribution is 0.0194. The van der Waals surface area contributed by atoms with Crippen LogP contribution in [0.2, 0.25) is 0 Å². The van der Waals surface area contributed by atoms with Crippen LogP contribution in [0, 0.1) is 6.92 Å². The van der Waals surface area contributed by atoms with Crippen LogP contribution in [0.1, 0.15) is 18.9 Å². The van der Waals surface area contributed by atoms with E-state index in [1.54, 1.807) is 0 Å². The summed E-state index contributed by atoms with van der Waals surface area (Å²) in [5.74, 6) is 1.89. The summed E-state index contributed by atoms with van der Waals surface area (Å²) < 4.78 is 11.5. The summed E-state index contributed by atoms with van der Waals surface area (Å²) >= 11 is 0. The van der Waals surface area contributed by atoms with Gasteiger partial charge in [-0.15, -0.1) is 24.0 Å². The fourth-order valence-corrected chi connectivity index (χ4v) is 3.70. The van der Waals surface area contributed by atoms with Gasteiger partial charge in [-0.2, -0.15) is 0 Å². The SMILES string of the molecule is CN=C(NCC(C)Oc1cccc(C)c1)N1CCC(N2CCOCC2)C1.I. The van der Waals surface area contributed by atoms with Crippen LogP contribution in [0.3, 0.4) is 0 Å². The number of benzene rings is 1. The van der Waals surface area contributed by atoms with Gasteiger partial charge in [0.25, 0.3) is 0 Å². The van der Waals surface area contributed by atoms with Gasteiger partial charge in [0.1, 0.15) is 11.9 Å². The molecule has 2 atom stereocenters. The molecule has 1 aromatic rings. The maximum absolute atomic E-state index is 6.01. The summed E-state index contributed by atoms with van der Waals surface area (Å²) in [6.07, 6.45) is 1.27. The second-order valence-corrected chi connectivity index (χ2v) is 7.21. The third-order valence-corrected chi connectivity index (χ3v) is 5.11. The van der Waals surface area contributed by atoms with E-state index in [9.17, 15) is 0 Å². The fourth-order valence-electron chi connectivity index (χ4n) is 3.70. The molecule has 152 valence electrons. The van der Waals surface area contributed by atoms with E-state index in [4.69, 9.17) is 9.47 Å². The highest BCUT2D eigenvalue weighted by atomic mass is 127. The third kappa shape index (κ3) is 6.50. The predicted molar refractivity (Wildman–Crippen MR) is 120 cm³/mol. The summed E-state index contributed by atoms with van der Waals surface area (Å²) in [6, 6.07) is 8.79. The molecule has 3 rings (SSSR count). The number of morpholine rings is 1. The monoisotopic (exact) mass is 488 g/mol. The Morgan fingerprint density at radius 1 is 1.33 bits per heavy atom. The van der Waals surface area contributed by atoms with E-state index in [0.717, 1.165) is 57.6 Å². The van der Waals surface area contributed by atoms with Crippen molar-refractivity contribution in [1.29, 1.82) is 0 Å². The fraction of sp³-hybridized carbons (Fsp3) is 0.650. The van der Waals surface area contributed by atoms with Crippen molar-refractivity contribution in [3.8, 4) is 5.75 Å². The zero-order valence-electron chi connectivity index (χ0n) is 16.7. The van der Waals surface area contributed by atoms with E-state index in [1.807, 2.05) is 19.2 Å². The molecule has 2 fully saturated rings. The molecule has 27 heavy (non-hydrogen) atoms. The van der Waals surface area contributed by atoms with Gasteiger partial charge in [-0.25, -0.2) is 0 Å². The molecule has 0 bridgehead atoms. The quantitative estimate of drug-likeness (QED) is 0.392. The molecule has 0 aliphatic carbocycles. The van der Waals surface area contributed by atoms with Gasteiger partial charge in [0.05, 0.1) is 19.8 Å². The van der Waals surface area contributed by atoms with E-state index < -0.39 is 0 Å². The number of rotatable bonds is 5. The van der Waals surface area contributed by atoms with Gasteiger partial charge < -0.3 is 19.7 Å². The summed E-state index contributed by atoms with van der Waals surface area (Å²) in [5, 5.41) is 3.48. The van der Waals surface area contributed by atoms with Gasteiger partial charge in [-0.1, -0.05) is 12.1 Å². The number of hydrogen-bond acceptors (Lipinski definition) is 4. The first-order chi connectivity index (χ1) is 12.7. The number of aryl methyl sites for hydroxylation is 1. The molecule has 6 nitrogen and oxygen atoms in total. The Hall–Kier alpha value is -1.06. The average Bonchev–Trinajstić information content (AvgIpc) is 3.13. The Morgan fingerprint density at radius 3 is 2.81 bits per heavy atom. The number of ether oxygens (including phenoxy) is 2. The Balaban J connectivity index is 0.00000261. The van der Waals surface area contributed by atoms with Gasteiger partial charge in [-0.3, -0.25) is 9.89 Å². The van der Waals surface area contributed by atoms with E-state index in [0.29, 0.717) is 6.04 Å². The topological polar surface area (TPSA) is 49.3 Å². The zero-order chi connectivity index (χ0) is 18.4. The second kappa shape index (κ2) is 11.1. The molecule has 0 spiro atoms. The number of likely N-dealkylation sites (tertiary alicyclic amines) is 1. The van der Waals surface area contributed by atoms with Crippen molar-refractivity contribution in [2.24, 2.45) is 4.99 Å². The molecule has 7 heteroatoms. The minimum Gasteiger partial charge on any atom is -0.489 e. The molecule has 0 saturated carbocycles. The zero-order valence-corrected chi connectivity index (χ0v) is 19.0. The molecule has 0 amide bonds. The number of nitrogens with one attached hydrogen (secondary N) is 1. The van der Waals surface area contributed by atoms with Crippen molar-refractivity contribution in [2.75, 3.05) is 53.0 Å². The van der Waals surface area contributed by atoms with E-state index in [-0.39, 0.29) is 30.1 Å². The van der Waals surface area contributed by atoms with Crippen molar-refractivity contribution < 1.29 is 9.47 Å². The molecule has 1 N–H and O–H groups in total. The maximum Gasteiger partial charge on any atom is 0.193 e. The van der Waals surface area contributed by atoms with Crippen LogP contribution in [0.5, 0.6) is 5.75 Å². The van der Waals surface area contributed by atoms with Crippen molar-refractivity contribution in [3.63, 3.8) is 0 Å². The van der Waals surface area contributed by atoms with Crippen LogP contribution in [-0.2, 0) is 4.74 Å². The van der Waals surface area contributed by atoms with Gasteiger partial charge in [0, 0.05) is 39.3 Å². The van der Waals surface area contributed by atoms with Crippen molar-refractivity contribution in [1.82, 2.24) is 15.1 Å². The molecule has 0 aromatic heterocycles. The van der Waals surface area contributed by atoms with Gasteiger partial charge in [-0.05, 0) is 38.0 Å². The van der Waals surface area contributed by atoms with E-state index in [1.165, 1.54) is 12.0 Å². The lowest BCUT2D eigenvalue weighted by Crippen LogP contribution is -2.47. The van der Waals surface area contributed by atoms with E-state index >= 15 is 0 Å². The highest BCUT2D eigenvalue weighted by molar-refractivity contribution is 14.0. The highest BCUT2D eigenvalue weighted by Gasteiger charge is 2.30. The highest BCUT2D eigenvalue weighted by Crippen LogP contribution is 2.17. The normalized spacial score (nSPS) is 22.3. The lowest BCUT2D eigenvalue weighted by Gasteiger charge is -2.32. The second-order valence-electron chi connectivity index (χ2n) is 7.21. The molecule has 1 aromatic carbocycles. The van der Waals surface area contributed by atoms with Crippen LogP contribution in [-0.4, -0.2) is 80.9 Å². The first-order valence-corrected chi connectivity index (χ1v) is 9.66. The van der Waals surface area contributed by atoms with Crippen LogP contribution in [0.25, 0.3) is 0 Å². The Labute approximate surface area is 180 Å². The number of halogens is 1.